The molecule has 0 atom stereocenters. The van der Waals surface area contributed by atoms with Gasteiger partial charge in [0.1, 0.15) is 0 Å². The molecule has 2 rings (SSSR count). The van der Waals surface area contributed by atoms with Crippen LogP contribution in [0, 0.1) is 0 Å². The van der Waals surface area contributed by atoms with Gasteiger partial charge in [0.05, 0.1) is 19.2 Å². The number of benzene rings is 1. The molecule has 1 aromatic rings. The Morgan fingerprint density at radius 2 is 2.37 bits per heavy atom. The van der Waals surface area contributed by atoms with Gasteiger partial charge < -0.3 is 15.0 Å². The van der Waals surface area contributed by atoms with Gasteiger partial charge in [-0.15, -0.1) is 0 Å². The normalized spacial score (nSPS) is 14.2. The van der Waals surface area contributed by atoms with Gasteiger partial charge in [0.2, 0.25) is 0 Å². The van der Waals surface area contributed by atoms with Crippen molar-refractivity contribution in [1.29, 1.82) is 0 Å². The molecule has 1 heterocycles. The summed E-state index contributed by atoms with van der Waals surface area (Å²) in [7, 11) is 3.42. The topological polar surface area (TPSA) is 53.9 Å². The van der Waals surface area contributed by atoms with Crippen molar-refractivity contribution < 1.29 is 9.53 Å². The van der Waals surface area contributed by atoms with E-state index >= 15 is 0 Å². The number of aliphatic imine (C=N–C) groups is 1. The fraction of sp³-hybridized carbons (Fsp3) is 0.429. The minimum Gasteiger partial charge on any atom is -0.465 e. The third-order valence-corrected chi connectivity index (χ3v) is 3.10. The van der Waals surface area contributed by atoms with Crippen LogP contribution < -0.4 is 5.32 Å². The number of esters is 1. The molecule has 1 aromatic carbocycles. The predicted molar refractivity (Wildman–Crippen MR) is 74.4 cm³/mol. The number of hydrogen-bond acceptors (Lipinski definition) is 5. The summed E-state index contributed by atoms with van der Waals surface area (Å²) in [5.74, 6) is 0.652. The first-order valence-electron chi connectivity index (χ1n) is 6.37. The van der Waals surface area contributed by atoms with E-state index < -0.39 is 0 Å². The van der Waals surface area contributed by atoms with E-state index in [-0.39, 0.29) is 5.97 Å². The highest BCUT2D eigenvalue weighted by atomic mass is 16.5. The Balaban J connectivity index is 1.87. The lowest BCUT2D eigenvalue weighted by molar-refractivity contribution is 0.0600. The fourth-order valence-corrected chi connectivity index (χ4v) is 2.01. The van der Waals surface area contributed by atoms with Gasteiger partial charge in [0.15, 0.2) is 5.96 Å². The Morgan fingerprint density at radius 3 is 3.05 bits per heavy atom. The molecule has 0 fully saturated rings. The van der Waals surface area contributed by atoms with Crippen molar-refractivity contribution in [2.75, 3.05) is 33.8 Å². The first-order valence-corrected chi connectivity index (χ1v) is 6.37. The third-order valence-electron chi connectivity index (χ3n) is 3.10. The molecule has 19 heavy (non-hydrogen) atoms. The summed E-state index contributed by atoms with van der Waals surface area (Å²) in [5, 5.41) is 3.30. The molecule has 0 saturated heterocycles. The predicted octanol–water partition coefficient (Wildman–Crippen LogP) is 0.907. The minimum atomic E-state index is -0.297. The molecule has 102 valence electrons. The quantitative estimate of drug-likeness (QED) is 0.818. The zero-order valence-corrected chi connectivity index (χ0v) is 11.3. The van der Waals surface area contributed by atoms with Crippen molar-refractivity contribution in [3.63, 3.8) is 0 Å². The number of rotatable bonds is 4. The Bertz CT molecular complexity index is 485. The summed E-state index contributed by atoms with van der Waals surface area (Å²) in [4.78, 5) is 17.9. The van der Waals surface area contributed by atoms with Crippen molar-refractivity contribution in [2.45, 2.75) is 6.42 Å². The summed E-state index contributed by atoms with van der Waals surface area (Å²) in [6, 6.07) is 7.51. The van der Waals surface area contributed by atoms with Crippen LogP contribution in [0.25, 0.3) is 0 Å². The summed E-state index contributed by atoms with van der Waals surface area (Å²) in [6.07, 6.45) is 0.845. The van der Waals surface area contributed by atoms with Crippen LogP contribution in [0.1, 0.15) is 15.9 Å². The molecule has 0 unspecified atom stereocenters. The summed E-state index contributed by atoms with van der Waals surface area (Å²) in [5.41, 5.74) is 1.70. The average molecular weight is 261 g/mol. The van der Waals surface area contributed by atoms with Crippen LogP contribution in [0.3, 0.4) is 0 Å². The molecular formula is C14H19N3O2. The number of guanidine groups is 1. The van der Waals surface area contributed by atoms with Crippen LogP contribution >= 0.6 is 0 Å². The average Bonchev–Trinajstić information content (AvgIpc) is 2.84. The van der Waals surface area contributed by atoms with E-state index in [0.717, 1.165) is 37.6 Å². The Kier molecular flexibility index (Phi) is 4.39. The second-order valence-electron chi connectivity index (χ2n) is 4.50. The molecule has 1 aliphatic heterocycles. The number of ether oxygens (including phenoxy) is 1. The van der Waals surface area contributed by atoms with E-state index in [4.69, 9.17) is 4.74 Å². The van der Waals surface area contributed by atoms with Crippen molar-refractivity contribution in [3.8, 4) is 0 Å². The molecule has 0 amide bonds. The van der Waals surface area contributed by atoms with Gasteiger partial charge in [-0.3, -0.25) is 4.99 Å². The molecule has 1 N–H and O–H groups in total. The number of carbonyl (C=O) groups excluding carboxylic acids is 1. The van der Waals surface area contributed by atoms with Crippen molar-refractivity contribution >= 4 is 11.9 Å². The van der Waals surface area contributed by atoms with Crippen molar-refractivity contribution in [2.24, 2.45) is 4.99 Å². The molecule has 1 aliphatic rings. The summed E-state index contributed by atoms with van der Waals surface area (Å²) < 4.78 is 4.71. The second kappa shape index (κ2) is 6.22. The maximum Gasteiger partial charge on any atom is 0.337 e. The molecule has 0 saturated carbocycles. The zero-order valence-electron chi connectivity index (χ0n) is 11.3. The summed E-state index contributed by atoms with van der Waals surface area (Å²) >= 11 is 0. The van der Waals surface area contributed by atoms with E-state index in [0.29, 0.717) is 5.56 Å². The van der Waals surface area contributed by atoms with E-state index in [2.05, 4.69) is 15.2 Å². The standard InChI is InChI=1S/C14H19N3O2/c1-17-9-8-16-14(17)15-7-6-11-4-3-5-12(10-11)13(18)19-2/h3-5,10H,6-9H2,1-2H3,(H,15,16). The number of hydrogen-bond donors (Lipinski definition) is 1. The number of nitrogens with one attached hydrogen (secondary N) is 1. The maximum absolute atomic E-state index is 11.4. The third kappa shape index (κ3) is 3.47. The highest BCUT2D eigenvalue weighted by Gasteiger charge is 2.11. The monoisotopic (exact) mass is 261 g/mol. The Hall–Kier alpha value is -2.04. The minimum absolute atomic E-state index is 0.297. The molecule has 0 aromatic heterocycles. The number of carbonyl (C=O) groups is 1. The number of nitrogens with zero attached hydrogens (tertiary/aromatic N) is 2. The molecular weight excluding hydrogens is 242 g/mol. The van der Waals surface area contributed by atoms with Gasteiger partial charge in [0, 0.05) is 20.1 Å². The highest BCUT2D eigenvalue weighted by Crippen LogP contribution is 2.07. The van der Waals surface area contributed by atoms with E-state index in [1.165, 1.54) is 7.11 Å². The smallest absolute Gasteiger partial charge is 0.337 e. The van der Waals surface area contributed by atoms with Crippen LogP contribution in [0.4, 0.5) is 0 Å². The largest absolute Gasteiger partial charge is 0.465 e. The fourth-order valence-electron chi connectivity index (χ4n) is 2.01. The van der Waals surface area contributed by atoms with Gasteiger partial charge in [-0.2, -0.15) is 0 Å². The van der Waals surface area contributed by atoms with Crippen molar-refractivity contribution in [3.05, 3.63) is 35.4 Å². The van der Waals surface area contributed by atoms with E-state index in [1.807, 2.05) is 25.2 Å². The van der Waals surface area contributed by atoms with E-state index in [9.17, 15) is 4.79 Å². The van der Waals surface area contributed by atoms with Crippen LogP contribution in [0.5, 0.6) is 0 Å². The Morgan fingerprint density at radius 1 is 1.53 bits per heavy atom. The number of methoxy groups -OCH3 is 1. The molecule has 5 heteroatoms. The first-order chi connectivity index (χ1) is 9.20. The Labute approximate surface area is 113 Å². The zero-order chi connectivity index (χ0) is 13.7. The number of likely N-dealkylation sites (N-methyl/N-ethyl adjacent to an activating group) is 1. The van der Waals surface area contributed by atoms with Gasteiger partial charge in [0.25, 0.3) is 0 Å². The lowest BCUT2D eigenvalue weighted by Gasteiger charge is -2.15. The molecule has 0 spiro atoms. The van der Waals surface area contributed by atoms with Crippen LogP contribution in [0.2, 0.25) is 0 Å². The van der Waals surface area contributed by atoms with Crippen LogP contribution in [-0.2, 0) is 11.2 Å². The lowest BCUT2D eigenvalue weighted by Crippen LogP contribution is -2.36. The molecule has 0 aliphatic carbocycles. The molecule has 5 nitrogen and oxygen atoms in total. The SMILES string of the molecule is COC(=O)c1cccc(CCNC2=NCCN2C)c1. The van der Waals surface area contributed by atoms with Gasteiger partial charge in [-0.25, -0.2) is 4.79 Å². The lowest BCUT2D eigenvalue weighted by atomic mass is 10.1. The van der Waals surface area contributed by atoms with E-state index in [1.54, 1.807) is 6.07 Å². The van der Waals surface area contributed by atoms with Gasteiger partial charge >= 0.3 is 5.97 Å². The summed E-state index contributed by atoms with van der Waals surface area (Å²) in [6.45, 7) is 2.63. The maximum atomic E-state index is 11.4. The van der Waals surface area contributed by atoms with Gasteiger partial charge in [-0.1, -0.05) is 12.1 Å². The molecule has 0 bridgehead atoms. The second-order valence-corrected chi connectivity index (χ2v) is 4.50. The highest BCUT2D eigenvalue weighted by molar-refractivity contribution is 5.89. The van der Waals surface area contributed by atoms with Gasteiger partial charge in [-0.05, 0) is 24.1 Å². The van der Waals surface area contributed by atoms with Crippen molar-refractivity contribution in [1.82, 2.24) is 10.2 Å². The first kappa shape index (κ1) is 13.4. The molecule has 0 radical (unpaired) electrons. The van der Waals surface area contributed by atoms with Crippen LogP contribution in [0.15, 0.2) is 29.3 Å². The van der Waals surface area contributed by atoms with Crippen LogP contribution in [-0.4, -0.2) is 50.6 Å².